The van der Waals surface area contributed by atoms with Crippen molar-refractivity contribution in [1.82, 2.24) is 0 Å². The molecule has 2 atom stereocenters. The Kier molecular flexibility index (Phi) is 5.93. The van der Waals surface area contributed by atoms with Gasteiger partial charge in [0.15, 0.2) is 0 Å². The Balaban J connectivity index is 3.25. The zero-order valence-electron chi connectivity index (χ0n) is 10.6. The maximum atomic E-state index is 11.7. The number of hydrogen-bond donors (Lipinski definition) is 0. The van der Waals surface area contributed by atoms with Gasteiger partial charge in [-0.05, 0) is 51.8 Å². The van der Waals surface area contributed by atoms with Gasteiger partial charge in [0.05, 0.1) is 9.80 Å². The molecule has 1 aromatic rings. The first-order valence-electron chi connectivity index (χ1n) is 5.43. The van der Waals surface area contributed by atoms with Crippen LogP contribution >= 0.6 is 50.9 Å². The first kappa shape index (κ1) is 18.2. The first-order chi connectivity index (χ1) is 9.02. The molecule has 0 saturated heterocycles. The molecule has 0 amide bonds. The summed E-state index contributed by atoms with van der Waals surface area (Å²) in [5.41, 5.74) is 0. The number of quaternary nitrogens is 1. The van der Waals surface area contributed by atoms with Gasteiger partial charge in [0.25, 0.3) is 0 Å². The number of thiophene rings is 1. The molecular formula is C9H12Br2N2O5PS-. The second-order valence-corrected chi connectivity index (χ2v) is 9.64. The standard InChI is InChI=1S/C9H13Br2N2O5PS/c1-6(10)13(7(2)11,19(16,17)18)5-8-3-4-9(20-8)12(14)15/h3-4,6-7H,5H2,1-2H3,(H-,16,17,18)/p-1. The summed E-state index contributed by atoms with van der Waals surface area (Å²) in [6.45, 7) is 2.98. The number of rotatable bonds is 6. The van der Waals surface area contributed by atoms with E-state index in [2.05, 4.69) is 31.9 Å². The lowest BCUT2D eigenvalue weighted by molar-refractivity contribution is -0.875. The van der Waals surface area contributed by atoms with Crippen LogP contribution in [0.4, 0.5) is 5.00 Å². The van der Waals surface area contributed by atoms with Crippen molar-refractivity contribution in [2.45, 2.75) is 30.3 Å². The fourth-order valence-corrected chi connectivity index (χ4v) is 6.57. The van der Waals surface area contributed by atoms with Gasteiger partial charge in [-0.25, -0.2) is 0 Å². The molecule has 0 bridgehead atoms. The minimum Gasteiger partial charge on any atom is -0.765 e. The molecule has 0 aliphatic carbocycles. The molecule has 1 heterocycles. The second-order valence-electron chi connectivity index (χ2n) is 4.16. The lowest BCUT2D eigenvalue weighted by Crippen LogP contribution is -2.56. The Hall–Kier alpha value is 0.170. The third-order valence-electron chi connectivity index (χ3n) is 2.92. The van der Waals surface area contributed by atoms with Crippen molar-refractivity contribution in [3.05, 3.63) is 27.1 Å². The predicted molar refractivity (Wildman–Crippen MR) is 79.3 cm³/mol. The number of alkyl halides is 2. The quantitative estimate of drug-likeness (QED) is 0.217. The van der Waals surface area contributed by atoms with Crippen molar-refractivity contribution in [2.75, 3.05) is 0 Å². The average Bonchev–Trinajstić information content (AvgIpc) is 2.71. The van der Waals surface area contributed by atoms with Gasteiger partial charge >= 0.3 is 5.00 Å². The molecule has 7 nitrogen and oxygen atoms in total. The summed E-state index contributed by atoms with van der Waals surface area (Å²) in [7, 11) is -5.02. The van der Waals surface area contributed by atoms with Crippen LogP contribution in [0, 0.1) is 10.1 Å². The van der Waals surface area contributed by atoms with Crippen LogP contribution in [0.3, 0.4) is 0 Å². The van der Waals surface area contributed by atoms with E-state index in [0.717, 1.165) is 11.3 Å². The SMILES string of the molecule is CC(Br)[N+](Cc1ccc([N+](=O)[O-])s1)(C(C)Br)P(=O)([O-])[O-]. The zero-order chi connectivity index (χ0) is 15.7. The van der Waals surface area contributed by atoms with Crippen molar-refractivity contribution in [3.8, 4) is 0 Å². The lowest BCUT2D eigenvalue weighted by atomic mass is 10.4. The second kappa shape index (κ2) is 6.51. The minimum atomic E-state index is -5.02. The van der Waals surface area contributed by atoms with Gasteiger partial charge in [-0.3, -0.25) is 18.9 Å². The Morgan fingerprint density at radius 1 is 1.35 bits per heavy atom. The van der Waals surface area contributed by atoms with E-state index in [1.54, 1.807) is 13.8 Å². The maximum Gasteiger partial charge on any atom is 0.324 e. The first-order valence-corrected chi connectivity index (χ1v) is 9.58. The molecule has 2 unspecified atom stereocenters. The molecular weight excluding hydrogens is 439 g/mol. The predicted octanol–water partition coefficient (Wildman–Crippen LogP) is 2.28. The normalized spacial score (nSPS) is 18.3. The van der Waals surface area contributed by atoms with Gasteiger partial charge in [0, 0.05) is 6.07 Å². The van der Waals surface area contributed by atoms with Crippen molar-refractivity contribution in [2.24, 2.45) is 0 Å². The van der Waals surface area contributed by atoms with Gasteiger partial charge in [-0.1, -0.05) is 11.3 Å². The van der Waals surface area contributed by atoms with Gasteiger partial charge in [-0.2, -0.15) is 0 Å². The summed E-state index contributed by atoms with van der Waals surface area (Å²) in [5, 5.41) is 10.6. The van der Waals surface area contributed by atoms with Crippen LogP contribution in [0.25, 0.3) is 0 Å². The molecule has 0 N–H and O–H groups in total. The van der Waals surface area contributed by atoms with Crippen LogP contribution in [0.5, 0.6) is 0 Å². The molecule has 1 aromatic heterocycles. The fourth-order valence-electron chi connectivity index (χ4n) is 1.81. The van der Waals surface area contributed by atoms with Gasteiger partial charge in [0.2, 0.25) is 0 Å². The Labute approximate surface area is 136 Å². The van der Waals surface area contributed by atoms with Crippen LogP contribution in [-0.2, 0) is 11.1 Å². The third-order valence-corrected chi connectivity index (χ3v) is 7.79. The summed E-state index contributed by atoms with van der Waals surface area (Å²) in [6, 6.07) is 2.77. The summed E-state index contributed by atoms with van der Waals surface area (Å²) < 4.78 is 10.9. The van der Waals surface area contributed by atoms with E-state index in [4.69, 9.17) is 0 Å². The molecule has 20 heavy (non-hydrogen) atoms. The van der Waals surface area contributed by atoms with E-state index >= 15 is 0 Å². The summed E-state index contributed by atoms with van der Waals surface area (Å²) in [6.07, 6.45) is 0. The lowest BCUT2D eigenvalue weighted by Gasteiger charge is -2.54. The molecule has 0 aliphatic heterocycles. The smallest absolute Gasteiger partial charge is 0.324 e. The maximum absolute atomic E-state index is 11.7. The molecule has 0 spiro atoms. The highest BCUT2D eigenvalue weighted by molar-refractivity contribution is 9.10. The highest BCUT2D eigenvalue weighted by Gasteiger charge is 2.41. The number of nitrogens with zero attached hydrogens (tertiary/aromatic N) is 2. The van der Waals surface area contributed by atoms with Gasteiger partial charge < -0.3 is 9.79 Å². The molecule has 1 rings (SSSR count). The van der Waals surface area contributed by atoms with Crippen molar-refractivity contribution in [1.29, 1.82) is 0 Å². The molecule has 0 aromatic carbocycles. The number of hydrogen-bond acceptors (Lipinski definition) is 6. The average molecular weight is 451 g/mol. The summed E-state index contributed by atoms with van der Waals surface area (Å²) in [4.78, 5) is 32.7. The fraction of sp³-hybridized carbons (Fsp3) is 0.556. The van der Waals surface area contributed by atoms with Crippen LogP contribution in [-0.4, -0.2) is 19.1 Å². The molecule has 0 radical (unpaired) electrons. The van der Waals surface area contributed by atoms with Gasteiger partial charge in [-0.15, -0.1) is 0 Å². The molecule has 11 heteroatoms. The van der Waals surface area contributed by atoms with Crippen LogP contribution in [0.15, 0.2) is 12.1 Å². The highest BCUT2D eigenvalue weighted by Crippen LogP contribution is 2.51. The van der Waals surface area contributed by atoms with E-state index in [0.29, 0.717) is 4.88 Å². The summed E-state index contributed by atoms with van der Waals surface area (Å²) in [5.74, 6) is 0. The van der Waals surface area contributed by atoms with E-state index in [-0.39, 0.29) is 11.5 Å². The van der Waals surface area contributed by atoms with Crippen molar-refractivity contribution in [3.63, 3.8) is 0 Å². The Bertz CT molecular complexity index is 536. The topological polar surface area (TPSA) is 106 Å². The van der Waals surface area contributed by atoms with E-state index in [1.807, 2.05) is 0 Å². The number of nitro groups is 1. The zero-order valence-corrected chi connectivity index (χ0v) is 15.4. The van der Waals surface area contributed by atoms with E-state index in [1.165, 1.54) is 12.1 Å². The molecule has 114 valence electrons. The molecule has 0 aliphatic rings. The largest absolute Gasteiger partial charge is 0.765 e. The van der Waals surface area contributed by atoms with Crippen molar-refractivity contribution < 1.29 is 23.5 Å². The highest BCUT2D eigenvalue weighted by atomic mass is 79.9. The Morgan fingerprint density at radius 3 is 2.15 bits per heavy atom. The summed E-state index contributed by atoms with van der Waals surface area (Å²) >= 11 is 7.20. The van der Waals surface area contributed by atoms with E-state index < -0.39 is 26.8 Å². The monoisotopic (exact) mass is 449 g/mol. The van der Waals surface area contributed by atoms with E-state index in [9.17, 15) is 24.5 Å². The van der Waals surface area contributed by atoms with Crippen LogP contribution in [0.2, 0.25) is 0 Å². The number of halogens is 2. The minimum absolute atomic E-state index is 0.0887. The third kappa shape index (κ3) is 3.49. The molecule has 0 fully saturated rings. The van der Waals surface area contributed by atoms with Crippen LogP contribution < -0.4 is 9.79 Å². The van der Waals surface area contributed by atoms with Crippen molar-refractivity contribution >= 4 is 55.9 Å². The Morgan fingerprint density at radius 2 is 1.85 bits per heavy atom. The van der Waals surface area contributed by atoms with Crippen LogP contribution in [0.1, 0.15) is 18.7 Å². The molecule has 0 saturated carbocycles. The van der Waals surface area contributed by atoms with Gasteiger partial charge in [0.1, 0.15) is 24.2 Å².